The fourth-order valence-corrected chi connectivity index (χ4v) is 3.69. The van der Waals surface area contributed by atoms with Crippen LogP contribution >= 0.6 is 0 Å². The summed E-state index contributed by atoms with van der Waals surface area (Å²) in [5, 5.41) is 6.86. The second-order valence-corrected chi connectivity index (χ2v) is 7.66. The average molecular weight is 461 g/mol. The van der Waals surface area contributed by atoms with E-state index in [4.69, 9.17) is 0 Å². The van der Waals surface area contributed by atoms with Crippen molar-refractivity contribution in [3.05, 3.63) is 62.3 Å². The van der Waals surface area contributed by atoms with Crippen molar-refractivity contribution in [2.75, 3.05) is 0 Å². The number of pyridine rings is 1. The number of hydrogen-bond acceptors (Lipinski definition) is 5. The topological polar surface area (TPSA) is 114 Å². The summed E-state index contributed by atoms with van der Waals surface area (Å²) in [6.45, 7) is 4.50. The Morgan fingerprint density at radius 3 is 2.39 bits per heavy atom. The molecule has 12 heteroatoms. The first-order valence-corrected chi connectivity index (χ1v) is 10.5. The Kier molecular flexibility index (Phi) is 5.91. The van der Waals surface area contributed by atoms with Gasteiger partial charge in [-0.05, 0) is 24.5 Å². The van der Waals surface area contributed by atoms with Gasteiger partial charge in [-0.15, -0.1) is 0 Å². The maximum atomic E-state index is 12.9. The molecule has 0 aliphatic rings. The third-order valence-corrected chi connectivity index (χ3v) is 5.23. The van der Waals surface area contributed by atoms with E-state index in [-0.39, 0.29) is 17.6 Å². The highest BCUT2D eigenvalue weighted by atomic mass is 19.4. The molecule has 9 nitrogen and oxygen atoms in total. The first-order chi connectivity index (χ1) is 15.7. The van der Waals surface area contributed by atoms with Gasteiger partial charge < -0.3 is 4.98 Å². The molecule has 0 unspecified atom stereocenters. The molecule has 0 aliphatic carbocycles. The summed E-state index contributed by atoms with van der Waals surface area (Å²) in [7, 11) is 0. The Balaban J connectivity index is 1.76. The molecule has 4 heterocycles. The lowest BCUT2D eigenvalue weighted by Crippen LogP contribution is -2.40. The van der Waals surface area contributed by atoms with Crippen molar-refractivity contribution in [1.82, 2.24) is 34.3 Å². The van der Waals surface area contributed by atoms with Crippen molar-refractivity contribution >= 4 is 11.2 Å². The fourth-order valence-electron chi connectivity index (χ4n) is 3.69. The first kappa shape index (κ1) is 22.5. The molecule has 4 rings (SSSR count). The van der Waals surface area contributed by atoms with E-state index in [0.29, 0.717) is 48.6 Å². The van der Waals surface area contributed by atoms with Crippen molar-refractivity contribution in [1.29, 1.82) is 0 Å². The molecule has 4 aromatic heterocycles. The summed E-state index contributed by atoms with van der Waals surface area (Å²) in [5.74, 6) is 0.337. The molecule has 0 aliphatic heterocycles. The van der Waals surface area contributed by atoms with Crippen LogP contribution in [0, 0.1) is 0 Å². The van der Waals surface area contributed by atoms with Gasteiger partial charge in [0.15, 0.2) is 5.65 Å². The van der Waals surface area contributed by atoms with Gasteiger partial charge in [-0.3, -0.25) is 24.0 Å². The number of nitrogens with one attached hydrogen (secondary N) is 2. The fraction of sp³-hybridized carbons (Fsp3) is 0.381. The van der Waals surface area contributed by atoms with Gasteiger partial charge in [0.25, 0.3) is 5.56 Å². The van der Waals surface area contributed by atoms with Gasteiger partial charge in [-0.25, -0.2) is 9.78 Å². The number of aromatic nitrogens is 7. The second kappa shape index (κ2) is 8.68. The minimum absolute atomic E-state index is 0.217. The van der Waals surface area contributed by atoms with E-state index in [1.54, 1.807) is 0 Å². The molecular weight excluding hydrogens is 439 g/mol. The number of nitrogens with zero attached hydrogens (tertiary/aromatic N) is 5. The molecule has 0 aromatic carbocycles. The number of fused-ring (bicyclic) bond motifs is 1. The Labute approximate surface area is 185 Å². The van der Waals surface area contributed by atoms with Crippen LogP contribution in [0.4, 0.5) is 13.2 Å². The van der Waals surface area contributed by atoms with Crippen LogP contribution in [0.5, 0.6) is 0 Å². The zero-order chi connectivity index (χ0) is 23.8. The summed E-state index contributed by atoms with van der Waals surface area (Å²) in [6.07, 6.45) is -0.309. The summed E-state index contributed by atoms with van der Waals surface area (Å²) < 4.78 is 41.0. The number of hydrogen-bond donors (Lipinski definition) is 2. The molecule has 0 radical (unpaired) electrons. The minimum Gasteiger partial charge on any atom is -0.332 e. The van der Waals surface area contributed by atoms with Crippen molar-refractivity contribution < 1.29 is 13.2 Å². The molecule has 0 atom stereocenters. The number of aryl methyl sites for hydroxylation is 1. The highest BCUT2D eigenvalue weighted by Gasteiger charge is 2.32. The molecule has 2 N–H and O–H groups in total. The van der Waals surface area contributed by atoms with Crippen LogP contribution in [-0.2, 0) is 25.7 Å². The summed E-state index contributed by atoms with van der Waals surface area (Å²) >= 11 is 0. The third-order valence-electron chi connectivity index (χ3n) is 5.23. The molecule has 4 aromatic rings. The molecule has 174 valence electrons. The summed E-state index contributed by atoms with van der Waals surface area (Å²) in [5.41, 5.74) is 0.324. The van der Waals surface area contributed by atoms with E-state index >= 15 is 0 Å². The van der Waals surface area contributed by atoms with Crippen molar-refractivity contribution in [3.8, 4) is 11.4 Å². The molecule has 0 spiro atoms. The van der Waals surface area contributed by atoms with Gasteiger partial charge >= 0.3 is 11.9 Å². The smallest absolute Gasteiger partial charge is 0.332 e. The van der Waals surface area contributed by atoms with Gasteiger partial charge in [0.05, 0.1) is 17.5 Å². The second-order valence-electron chi connectivity index (χ2n) is 7.66. The van der Waals surface area contributed by atoms with Crippen LogP contribution in [0.2, 0.25) is 0 Å². The predicted molar refractivity (Wildman–Crippen MR) is 115 cm³/mol. The zero-order valence-electron chi connectivity index (χ0n) is 18.0. The largest absolute Gasteiger partial charge is 0.433 e. The lowest BCUT2D eigenvalue weighted by atomic mass is 10.1. The number of aromatic amines is 2. The normalized spacial score (nSPS) is 12.0. The Bertz CT molecular complexity index is 1390. The van der Waals surface area contributed by atoms with Crippen LogP contribution in [0.1, 0.15) is 43.6 Å². The van der Waals surface area contributed by atoms with Crippen LogP contribution in [0.3, 0.4) is 0 Å². The van der Waals surface area contributed by atoms with Crippen LogP contribution < -0.4 is 11.2 Å². The van der Waals surface area contributed by atoms with E-state index in [1.807, 2.05) is 13.8 Å². The molecule has 0 bridgehead atoms. The Morgan fingerprint density at radius 1 is 1.03 bits per heavy atom. The van der Waals surface area contributed by atoms with E-state index in [2.05, 4.69) is 25.1 Å². The number of imidazole rings is 1. The van der Waals surface area contributed by atoms with Crippen LogP contribution in [0.15, 0.2) is 34.1 Å². The van der Waals surface area contributed by atoms with Crippen LogP contribution in [-0.4, -0.2) is 34.3 Å². The molecule has 33 heavy (non-hydrogen) atoms. The van der Waals surface area contributed by atoms with Crippen molar-refractivity contribution in [2.45, 2.75) is 52.4 Å². The van der Waals surface area contributed by atoms with Crippen molar-refractivity contribution in [3.63, 3.8) is 0 Å². The SMILES string of the molecule is CCCn1c(=O)c2[nH]c(-c3cn[nH]c3Cc3ccc(C(F)(F)F)nc3)nc2n(CCC)c1=O. The lowest BCUT2D eigenvalue weighted by Gasteiger charge is -2.09. The maximum Gasteiger partial charge on any atom is 0.433 e. The van der Waals surface area contributed by atoms with Gasteiger partial charge in [0.2, 0.25) is 0 Å². The Morgan fingerprint density at radius 2 is 1.76 bits per heavy atom. The average Bonchev–Trinajstić information content (AvgIpc) is 3.41. The van der Waals surface area contributed by atoms with Crippen molar-refractivity contribution in [2.24, 2.45) is 0 Å². The van der Waals surface area contributed by atoms with E-state index < -0.39 is 23.1 Å². The van der Waals surface area contributed by atoms with Gasteiger partial charge in [0.1, 0.15) is 17.0 Å². The molecule has 0 amide bonds. The molecule has 0 fully saturated rings. The quantitative estimate of drug-likeness (QED) is 0.439. The third kappa shape index (κ3) is 4.20. The molecule has 0 saturated heterocycles. The maximum absolute atomic E-state index is 12.9. The highest BCUT2D eigenvalue weighted by Crippen LogP contribution is 2.28. The minimum atomic E-state index is -4.51. The monoisotopic (exact) mass is 461 g/mol. The van der Waals surface area contributed by atoms with Crippen LogP contribution in [0.25, 0.3) is 22.6 Å². The molecular formula is C21H22F3N7O2. The predicted octanol–water partition coefficient (Wildman–Crippen LogP) is 3.10. The van der Waals surface area contributed by atoms with E-state index in [1.165, 1.54) is 21.4 Å². The first-order valence-electron chi connectivity index (χ1n) is 10.5. The number of alkyl halides is 3. The number of H-pyrrole nitrogens is 2. The standard InChI is InChI=1S/C21H22F3N7O2/c1-3-7-30-18-16(19(32)31(8-4-2)20(30)33)27-17(28-18)13-11-26-29-14(13)9-12-5-6-15(25-10-12)21(22,23)24/h5-6,10-11H,3-4,7-9H2,1-2H3,(H,26,29)(H,27,28). The molecule has 0 saturated carbocycles. The van der Waals surface area contributed by atoms with Gasteiger partial charge in [-0.2, -0.15) is 18.3 Å². The number of halogens is 3. The van der Waals surface area contributed by atoms with E-state index in [0.717, 1.165) is 12.3 Å². The number of rotatable bonds is 7. The Hall–Kier alpha value is -3.70. The highest BCUT2D eigenvalue weighted by molar-refractivity contribution is 5.76. The van der Waals surface area contributed by atoms with Gasteiger partial charge in [0, 0.05) is 25.7 Å². The van der Waals surface area contributed by atoms with Gasteiger partial charge in [-0.1, -0.05) is 19.9 Å². The summed E-state index contributed by atoms with van der Waals surface area (Å²) in [6, 6.07) is 2.27. The lowest BCUT2D eigenvalue weighted by molar-refractivity contribution is -0.141. The zero-order valence-corrected chi connectivity index (χ0v) is 18.0. The summed E-state index contributed by atoms with van der Waals surface area (Å²) in [4.78, 5) is 36.8. The van der Waals surface area contributed by atoms with E-state index in [9.17, 15) is 22.8 Å².